The molecule has 0 saturated carbocycles. The van der Waals surface area contributed by atoms with Crippen LogP contribution in [0.4, 0.5) is 0 Å². The molecule has 0 bridgehead atoms. The summed E-state index contributed by atoms with van der Waals surface area (Å²) >= 11 is 3.08. The van der Waals surface area contributed by atoms with E-state index in [1.807, 2.05) is 22.9 Å². The van der Waals surface area contributed by atoms with Crippen molar-refractivity contribution in [1.82, 2.24) is 19.4 Å². The maximum absolute atomic E-state index is 13.4. The van der Waals surface area contributed by atoms with Gasteiger partial charge in [0.1, 0.15) is 17.2 Å². The SMILES string of the molecule is CN(C)C(=O)Cn1c(CN2CCOCC2)nc2scc(-c3cccs3)c2c1=O. The maximum atomic E-state index is 13.4. The van der Waals surface area contributed by atoms with E-state index in [-0.39, 0.29) is 18.0 Å². The van der Waals surface area contributed by atoms with Gasteiger partial charge in [0.15, 0.2) is 0 Å². The Bertz CT molecular complexity index is 1030. The number of carbonyl (C=O) groups is 1. The number of amides is 1. The quantitative estimate of drug-likeness (QED) is 0.635. The number of thiophene rings is 2. The highest BCUT2D eigenvalue weighted by atomic mass is 32.1. The second-order valence-electron chi connectivity index (χ2n) is 6.90. The Balaban J connectivity index is 1.82. The Morgan fingerprint density at radius 3 is 2.75 bits per heavy atom. The molecule has 1 aliphatic heterocycles. The Morgan fingerprint density at radius 2 is 2.07 bits per heavy atom. The molecule has 4 rings (SSSR count). The summed E-state index contributed by atoms with van der Waals surface area (Å²) < 4.78 is 6.96. The molecular formula is C19H22N4O3S2. The molecule has 0 aromatic carbocycles. The number of ether oxygens (including phenoxy) is 1. The van der Waals surface area contributed by atoms with Crippen LogP contribution in [-0.2, 0) is 22.6 Å². The van der Waals surface area contributed by atoms with Crippen LogP contribution in [0, 0.1) is 0 Å². The summed E-state index contributed by atoms with van der Waals surface area (Å²) in [6, 6.07) is 3.97. The Labute approximate surface area is 170 Å². The van der Waals surface area contributed by atoms with Gasteiger partial charge >= 0.3 is 0 Å². The Hall–Kier alpha value is -2.07. The van der Waals surface area contributed by atoms with E-state index in [1.54, 1.807) is 30.0 Å². The molecule has 1 saturated heterocycles. The number of nitrogens with zero attached hydrogens (tertiary/aromatic N) is 4. The van der Waals surface area contributed by atoms with Crippen LogP contribution in [0.25, 0.3) is 20.7 Å². The van der Waals surface area contributed by atoms with Crippen LogP contribution >= 0.6 is 22.7 Å². The summed E-state index contributed by atoms with van der Waals surface area (Å²) in [5.74, 6) is 0.508. The van der Waals surface area contributed by atoms with Gasteiger partial charge in [-0.3, -0.25) is 19.1 Å². The monoisotopic (exact) mass is 418 g/mol. The first-order chi connectivity index (χ1) is 13.5. The van der Waals surface area contributed by atoms with Gasteiger partial charge in [-0.15, -0.1) is 22.7 Å². The molecule has 4 heterocycles. The molecule has 1 fully saturated rings. The van der Waals surface area contributed by atoms with Crippen molar-refractivity contribution in [1.29, 1.82) is 0 Å². The third-order valence-electron chi connectivity index (χ3n) is 4.82. The van der Waals surface area contributed by atoms with Crippen molar-refractivity contribution in [2.24, 2.45) is 0 Å². The molecule has 148 valence electrons. The third-order valence-corrected chi connectivity index (χ3v) is 6.60. The summed E-state index contributed by atoms with van der Waals surface area (Å²) in [5, 5.41) is 4.58. The van der Waals surface area contributed by atoms with E-state index in [9.17, 15) is 9.59 Å². The summed E-state index contributed by atoms with van der Waals surface area (Å²) in [7, 11) is 3.39. The molecule has 0 aliphatic carbocycles. The van der Waals surface area contributed by atoms with Crippen LogP contribution in [0.5, 0.6) is 0 Å². The van der Waals surface area contributed by atoms with Gasteiger partial charge in [-0.05, 0) is 11.4 Å². The van der Waals surface area contributed by atoms with Crippen molar-refractivity contribution >= 4 is 38.8 Å². The van der Waals surface area contributed by atoms with Gasteiger partial charge in [0, 0.05) is 43.0 Å². The topological polar surface area (TPSA) is 67.7 Å². The van der Waals surface area contributed by atoms with E-state index in [0.29, 0.717) is 31.0 Å². The summed E-state index contributed by atoms with van der Waals surface area (Å²) in [5.41, 5.74) is 0.754. The summed E-state index contributed by atoms with van der Waals surface area (Å²) in [4.78, 5) is 36.1. The molecule has 0 atom stereocenters. The lowest BCUT2D eigenvalue weighted by molar-refractivity contribution is -0.129. The highest BCUT2D eigenvalue weighted by Gasteiger charge is 2.21. The summed E-state index contributed by atoms with van der Waals surface area (Å²) in [6.45, 7) is 3.45. The van der Waals surface area contributed by atoms with Crippen molar-refractivity contribution in [3.8, 4) is 10.4 Å². The van der Waals surface area contributed by atoms with Crippen molar-refractivity contribution in [3.63, 3.8) is 0 Å². The molecule has 0 unspecified atom stereocenters. The van der Waals surface area contributed by atoms with Gasteiger partial charge in [-0.2, -0.15) is 0 Å². The fourth-order valence-electron chi connectivity index (χ4n) is 3.20. The van der Waals surface area contributed by atoms with E-state index >= 15 is 0 Å². The average Bonchev–Trinajstić information content (AvgIpc) is 3.35. The number of aromatic nitrogens is 2. The zero-order chi connectivity index (χ0) is 19.7. The highest BCUT2D eigenvalue weighted by molar-refractivity contribution is 7.18. The van der Waals surface area contributed by atoms with Gasteiger partial charge in [-0.1, -0.05) is 6.07 Å². The second kappa shape index (κ2) is 8.12. The fraction of sp³-hybridized carbons (Fsp3) is 0.421. The molecule has 0 N–H and O–H groups in total. The largest absolute Gasteiger partial charge is 0.379 e. The molecule has 3 aromatic heterocycles. The number of likely N-dealkylation sites (N-methyl/N-ethyl adjacent to an activating group) is 1. The minimum Gasteiger partial charge on any atom is -0.379 e. The number of carbonyl (C=O) groups excluding carboxylic acids is 1. The number of fused-ring (bicyclic) bond motifs is 1. The van der Waals surface area contributed by atoms with Crippen LogP contribution in [0.1, 0.15) is 5.82 Å². The van der Waals surface area contributed by atoms with Crippen molar-refractivity contribution < 1.29 is 9.53 Å². The minimum absolute atomic E-state index is 0.00578. The second-order valence-corrected chi connectivity index (χ2v) is 8.71. The number of rotatable bonds is 5. The standard InChI is InChI=1S/C19H22N4O3S2/c1-21(2)16(24)11-23-15(10-22-5-7-26-8-6-22)20-18-17(19(23)25)13(12-28-18)14-4-3-9-27-14/h3-4,9,12H,5-8,10-11H2,1-2H3. The predicted molar refractivity (Wildman–Crippen MR) is 112 cm³/mol. The normalized spacial score (nSPS) is 15.2. The molecule has 1 aliphatic rings. The van der Waals surface area contributed by atoms with Gasteiger partial charge in [0.05, 0.1) is 25.1 Å². The lowest BCUT2D eigenvalue weighted by Gasteiger charge is -2.27. The average molecular weight is 419 g/mol. The molecule has 7 nitrogen and oxygen atoms in total. The molecule has 0 spiro atoms. The van der Waals surface area contributed by atoms with E-state index in [1.165, 1.54) is 16.2 Å². The van der Waals surface area contributed by atoms with Gasteiger partial charge in [-0.25, -0.2) is 4.98 Å². The van der Waals surface area contributed by atoms with Crippen molar-refractivity contribution in [2.75, 3.05) is 40.4 Å². The molecule has 9 heteroatoms. The first-order valence-corrected chi connectivity index (χ1v) is 10.9. The first-order valence-electron chi connectivity index (χ1n) is 9.09. The smallest absolute Gasteiger partial charge is 0.263 e. The Morgan fingerprint density at radius 1 is 1.29 bits per heavy atom. The number of morpholine rings is 1. The van der Waals surface area contributed by atoms with Gasteiger partial charge < -0.3 is 9.64 Å². The van der Waals surface area contributed by atoms with E-state index in [4.69, 9.17) is 9.72 Å². The maximum Gasteiger partial charge on any atom is 0.263 e. The molecule has 28 heavy (non-hydrogen) atoms. The van der Waals surface area contributed by atoms with Gasteiger partial charge in [0.25, 0.3) is 5.56 Å². The van der Waals surface area contributed by atoms with Gasteiger partial charge in [0.2, 0.25) is 5.91 Å². The predicted octanol–water partition coefficient (Wildman–Crippen LogP) is 2.11. The van der Waals surface area contributed by atoms with Crippen LogP contribution in [-0.4, -0.2) is 65.7 Å². The lowest BCUT2D eigenvalue weighted by atomic mass is 10.2. The van der Waals surface area contributed by atoms with Crippen LogP contribution in [0.3, 0.4) is 0 Å². The molecule has 0 radical (unpaired) electrons. The molecule has 3 aromatic rings. The number of hydrogen-bond donors (Lipinski definition) is 0. The zero-order valence-electron chi connectivity index (χ0n) is 15.9. The van der Waals surface area contributed by atoms with E-state index in [2.05, 4.69) is 4.90 Å². The van der Waals surface area contributed by atoms with Crippen LogP contribution in [0.2, 0.25) is 0 Å². The van der Waals surface area contributed by atoms with E-state index < -0.39 is 0 Å². The Kier molecular flexibility index (Phi) is 5.58. The highest BCUT2D eigenvalue weighted by Crippen LogP contribution is 2.33. The number of hydrogen-bond acceptors (Lipinski definition) is 7. The molecule has 1 amide bonds. The van der Waals surface area contributed by atoms with Crippen LogP contribution < -0.4 is 5.56 Å². The first kappa shape index (κ1) is 19.3. The van der Waals surface area contributed by atoms with Crippen molar-refractivity contribution in [3.05, 3.63) is 39.1 Å². The molecular weight excluding hydrogens is 396 g/mol. The minimum atomic E-state index is -0.145. The van der Waals surface area contributed by atoms with Crippen LogP contribution in [0.15, 0.2) is 27.7 Å². The zero-order valence-corrected chi connectivity index (χ0v) is 17.5. The van der Waals surface area contributed by atoms with Crippen molar-refractivity contribution in [2.45, 2.75) is 13.1 Å². The third kappa shape index (κ3) is 3.75. The van der Waals surface area contributed by atoms with E-state index in [0.717, 1.165) is 28.4 Å². The summed E-state index contributed by atoms with van der Waals surface area (Å²) in [6.07, 6.45) is 0. The fourth-order valence-corrected chi connectivity index (χ4v) is 4.97. The lowest BCUT2D eigenvalue weighted by Crippen LogP contribution is -2.39.